The molecule has 2 heterocycles. The van der Waals surface area contributed by atoms with Gasteiger partial charge in [0.15, 0.2) is 5.69 Å². The molecule has 2 amide bonds. The zero-order valence-electron chi connectivity index (χ0n) is 19.9. The van der Waals surface area contributed by atoms with Crippen LogP contribution in [0.25, 0.3) is 0 Å². The van der Waals surface area contributed by atoms with Crippen LogP contribution in [0.3, 0.4) is 0 Å². The number of aliphatic carboxylic acids is 1. The van der Waals surface area contributed by atoms with Gasteiger partial charge in [-0.25, -0.2) is 28.7 Å². The molecule has 0 saturated carbocycles. The molecule has 10 nitrogen and oxygen atoms in total. The molecule has 1 fully saturated rings. The molecule has 1 saturated heterocycles. The van der Waals surface area contributed by atoms with Crippen LogP contribution < -0.4 is 10.2 Å². The average Bonchev–Trinajstić information content (AvgIpc) is 2.85. The van der Waals surface area contributed by atoms with E-state index in [1.165, 1.54) is 37.7 Å². The molecule has 1 aromatic heterocycles. The van der Waals surface area contributed by atoms with Crippen LogP contribution in [0, 0.1) is 11.7 Å². The van der Waals surface area contributed by atoms with E-state index in [4.69, 9.17) is 21.5 Å². The van der Waals surface area contributed by atoms with Crippen molar-refractivity contribution in [1.29, 1.82) is 0 Å². The Balaban J connectivity index is 0.000000604. The number of hydrogen-bond donors (Lipinski definition) is 2. The summed E-state index contributed by atoms with van der Waals surface area (Å²) in [5, 5.41) is 9.86. The fourth-order valence-corrected chi connectivity index (χ4v) is 3.49. The third-order valence-electron chi connectivity index (χ3n) is 5.22. The minimum atomic E-state index is -5.08. The number of hydrogen-bond acceptors (Lipinski definition) is 7. The molecule has 3 rings (SSSR count). The number of alkyl halides is 3. The van der Waals surface area contributed by atoms with Gasteiger partial charge in [-0.05, 0) is 24.1 Å². The lowest BCUT2D eigenvalue weighted by molar-refractivity contribution is -0.192. The summed E-state index contributed by atoms with van der Waals surface area (Å²) in [6.45, 7) is 5.64. The molecule has 1 atom stereocenters. The number of aromatic nitrogens is 2. The Labute approximate surface area is 214 Å². The van der Waals surface area contributed by atoms with Crippen LogP contribution in [0.5, 0.6) is 0 Å². The maximum Gasteiger partial charge on any atom is 0.490 e. The summed E-state index contributed by atoms with van der Waals surface area (Å²) in [5.74, 6) is -3.04. The highest BCUT2D eigenvalue weighted by Crippen LogP contribution is 2.24. The molecular weight excluding hydrogens is 526 g/mol. The number of nitrogens with zero attached hydrogens (tertiary/aromatic N) is 4. The van der Waals surface area contributed by atoms with E-state index in [0.717, 1.165) is 0 Å². The van der Waals surface area contributed by atoms with Gasteiger partial charge in [0.05, 0.1) is 30.6 Å². The second-order valence-electron chi connectivity index (χ2n) is 8.06. The monoisotopic (exact) mass is 549 g/mol. The van der Waals surface area contributed by atoms with Gasteiger partial charge in [0.1, 0.15) is 11.6 Å². The number of ether oxygens (including phenoxy) is 1. The van der Waals surface area contributed by atoms with Crippen molar-refractivity contribution in [3.8, 4) is 0 Å². The minimum Gasteiger partial charge on any atom is -0.475 e. The predicted octanol–water partition coefficient (Wildman–Crippen LogP) is 4.07. The van der Waals surface area contributed by atoms with Crippen molar-refractivity contribution in [3.05, 3.63) is 47.1 Å². The first-order chi connectivity index (χ1) is 17.2. The van der Waals surface area contributed by atoms with Crippen LogP contribution >= 0.6 is 11.6 Å². The SMILES string of the molecule is COC(=O)c1cnc(N2CCN(C(=O)Nc3ccc(F)c(Cl)c3)C(C(C)C)C2)cn1.O=C(O)C(F)(F)F. The van der Waals surface area contributed by atoms with Crippen LogP contribution in [-0.2, 0) is 9.53 Å². The molecule has 2 N–H and O–H groups in total. The second-order valence-corrected chi connectivity index (χ2v) is 8.47. The van der Waals surface area contributed by atoms with Crippen molar-refractivity contribution in [2.45, 2.75) is 26.1 Å². The van der Waals surface area contributed by atoms with Crippen molar-refractivity contribution in [2.24, 2.45) is 5.92 Å². The van der Waals surface area contributed by atoms with E-state index in [9.17, 15) is 27.2 Å². The van der Waals surface area contributed by atoms with Gasteiger partial charge in [-0.15, -0.1) is 0 Å². The molecule has 1 aliphatic heterocycles. The first-order valence-corrected chi connectivity index (χ1v) is 11.1. The van der Waals surface area contributed by atoms with Gasteiger partial charge < -0.3 is 25.0 Å². The molecule has 1 aromatic carbocycles. The zero-order chi connectivity index (χ0) is 27.9. The second kappa shape index (κ2) is 12.5. The number of piperazine rings is 1. The van der Waals surface area contributed by atoms with Crippen LogP contribution in [0.15, 0.2) is 30.6 Å². The topological polar surface area (TPSA) is 125 Å². The van der Waals surface area contributed by atoms with E-state index >= 15 is 0 Å². The highest BCUT2D eigenvalue weighted by atomic mass is 35.5. The molecule has 0 bridgehead atoms. The molecule has 202 valence electrons. The number of rotatable bonds is 4. The summed E-state index contributed by atoms with van der Waals surface area (Å²) in [6.07, 6.45) is -2.18. The smallest absolute Gasteiger partial charge is 0.475 e. The van der Waals surface area contributed by atoms with Crippen molar-refractivity contribution in [2.75, 3.05) is 37.0 Å². The standard InChI is InChI=1S/C20H23ClFN5O3.C2HF3O2/c1-12(2)17-11-26(18-10-23-16(9-24-18)19(28)30-3)6-7-27(17)20(29)25-13-4-5-15(22)14(21)8-13;3-2(4,5)1(6)7/h4-5,8-10,12,17H,6-7,11H2,1-3H3,(H,25,29);(H,6,7). The normalized spacial score (nSPS) is 15.5. The quantitative estimate of drug-likeness (QED) is 0.432. The molecule has 1 unspecified atom stereocenters. The van der Waals surface area contributed by atoms with Gasteiger partial charge >= 0.3 is 24.1 Å². The third-order valence-corrected chi connectivity index (χ3v) is 5.51. The lowest BCUT2D eigenvalue weighted by atomic mass is 10.00. The highest BCUT2D eigenvalue weighted by molar-refractivity contribution is 6.31. The zero-order valence-corrected chi connectivity index (χ0v) is 20.7. The number of halogens is 5. The van der Waals surface area contributed by atoms with E-state index in [-0.39, 0.29) is 28.7 Å². The number of methoxy groups -OCH3 is 1. The Morgan fingerprint density at radius 3 is 2.32 bits per heavy atom. The number of urea groups is 1. The van der Waals surface area contributed by atoms with Crippen LogP contribution in [0.2, 0.25) is 5.02 Å². The summed E-state index contributed by atoms with van der Waals surface area (Å²) >= 11 is 5.80. The summed E-state index contributed by atoms with van der Waals surface area (Å²) in [6, 6.07) is 3.71. The highest BCUT2D eigenvalue weighted by Gasteiger charge is 2.38. The first-order valence-electron chi connectivity index (χ1n) is 10.7. The number of anilines is 2. The van der Waals surface area contributed by atoms with Gasteiger partial charge in [-0.2, -0.15) is 13.2 Å². The fourth-order valence-electron chi connectivity index (χ4n) is 3.30. The summed E-state index contributed by atoms with van der Waals surface area (Å²) < 4.78 is 49.7. The van der Waals surface area contributed by atoms with Crippen molar-refractivity contribution >= 4 is 41.1 Å². The number of nitrogens with one attached hydrogen (secondary N) is 1. The maximum atomic E-state index is 13.4. The van der Waals surface area contributed by atoms with Gasteiger partial charge in [0.25, 0.3) is 0 Å². The van der Waals surface area contributed by atoms with E-state index in [2.05, 4.69) is 20.0 Å². The number of benzene rings is 1. The number of carbonyl (C=O) groups excluding carboxylic acids is 2. The number of carboxylic acids is 1. The molecule has 15 heteroatoms. The number of carboxylic acid groups (broad SMARTS) is 1. The van der Waals surface area contributed by atoms with E-state index in [1.54, 1.807) is 4.90 Å². The lowest BCUT2D eigenvalue weighted by Gasteiger charge is -2.43. The van der Waals surface area contributed by atoms with Crippen molar-refractivity contribution < 1.29 is 41.8 Å². The Hall–Kier alpha value is -3.68. The summed E-state index contributed by atoms with van der Waals surface area (Å²) in [5.41, 5.74) is 0.568. The molecule has 0 aliphatic carbocycles. The average molecular weight is 550 g/mol. The van der Waals surface area contributed by atoms with Gasteiger partial charge in [-0.3, -0.25) is 0 Å². The Bertz CT molecular complexity index is 1120. The predicted molar refractivity (Wildman–Crippen MR) is 125 cm³/mol. The van der Waals surface area contributed by atoms with Crippen LogP contribution in [0.4, 0.5) is 33.9 Å². The molecule has 0 spiro atoms. The Morgan fingerprint density at radius 1 is 1.19 bits per heavy atom. The lowest BCUT2D eigenvalue weighted by Crippen LogP contribution is -2.58. The summed E-state index contributed by atoms with van der Waals surface area (Å²) in [7, 11) is 1.29. The molecular formula is C22H24ClF4N5O5. The van der Waals surface area contributed by atoms with Gasteiger partial charge in [0.2, 0.25) is 0 Å². The number of carbonyl (C=O) groups is 3. The Kier molecular flexibility index (Phi) is 10.00. The Morgan fingerprint density at radius 2 is 1.84 bits per heavy atom. The van der Waals surface area contributed by atoms with E-state index in [1.807, 2.05) is 18.7 Å². The first kappa shape index (κ1) is 29.5. The molecule has 37 heavy (non-hydrogen) atoms. The van der Waals surface area contributed by atoms with Crippen LogP contribution in [0.1, 0.15) is 24.3 Å². The minimum absolute atomic E-state index is 0.0491. The van der Waals surface area contributed by atoms with E-state index < -0.39 is 23.9 Å². The molecule has 2 aromatic rings. The van der Waals surface area contributed by atoms with Crippen molar-refractivity contribution in [3.63, 3.8) is 0 Å². The van der Waals surface area contributed by atoms with Gasteiger partial charge in [-0.1, -0.05) is 25.4 Å². The number of esters is 1. The molecule has 0 radical (unpaired) electrons. The number of amides is 2. The van der Waals surface area contributed by atoms with Gasteiger partial charge in [0, 0.05) is 25.3 Å². The summed E-state index contributed by atoms with van der Waals surface area (Å²) in [4.78, 5) is 45.5. The maximum absolute atomic E-state index is 13.4. The van der Waals surface area contributed by atoms with E-state index in [0.29, 0.717) is 31.1 Å². The third kappa shape index (κ3) is 8.17. The fraction of sp³-hybridized carbons (Fsp3) is 0.409. The largest absolute Gasteiger partial charge is 0.490 e. The van der Waals surface area contributed by atoms with Crippen molar-refractivity contribution in [1.82, 2.24) is 14.9 Å². The molecule has 1 aliphatic rings. The van der Waals surface area contributed by atoms with Crippen LogP contribution in [-0.4, -0.2) is 76.9 Å².